The summed E-state index contributed by atoms with van der Waals surface area (Å²) in [6.07, 6.45) is 2.08. The number of nitrogens with one attached hydrogen (secondary N) is 1. The Morgan fingerprint density at radius 2 is 1.91 bits per heavy atom. The van der Waals surface area contributed by atoms with Gasteiger partial charge in [0.05, 0.1) is 24.6 Å². The molecule has 4 aromatic rings. The van der Waals surface area contributed by atoms with E-state index in [0.29, 0.717) is 34.6 Å². The third kappa shape index (κ3) is 4.24. The summed E-state index contributed by atoms with van der Waals surface area (Å²) in [4.78, 5) is 31.2. The van der Waals surface area contributed by atoms with Crippen LogP contribution in [0.15, 0.2) is 71.5 Å². The lowest BCUT2D eigenvalue weighted by Gasteiger charge is -2.15. The minimum Gasteiger partial charge on any atom is -0.497 e. The van der Waals surface area contributed by atoms with Crippen LogP contribution in [-0.2, 0) is 6.54 Å². The van der Waals surface area contributed by atoms with Crippen LogP contribution in [0, 0.1) is 6.92 Å². The summed E-state index contributed by atoms with van der Waals surface area (Å²) in [5.74, 6) is 1.69. The van der Waals surface area contributed by atoms with Crippen molar-refractivity contribution in [1.82, 2.24) is 9.55 Å². The first kappa shape index (κ1) is 20.9. The predicted octanol–water partition coefficient (Wildman–Crippen LogP) is 4.89. The summed E-state index contributed by atoms with van der Waals surface area (Å²) in [5, 5.41) is 3.41. The molecule has 1 heterocycles. The van der Waals surface area contributed by atoms with Crippen LogP contribution in [-0.4, -0.2) is 22.6 Å². The van der Waals surface area contributed by atoms with Crippen molar-refractivity contribution in [2.24, 2.45) is 0 Å². The van der Waals surface area contributed by atoms with E-state index in [1.165, 1.54) is 0 Å². The van der Waals surface area contributed by atoms with Crippen molar-refractivity contribution in [2.75, 3.05) is 12.4 Å². The summed E-state index contributed by atoms with van der Waals surface area (Å²) in [6, 6.07) is 20.5. The molecule has 3 aromatic carbocycles. The third-order valence-corrected chi connectivity index (χ3v) is 6.05. The van der Waals surface area contributed by atoms with Gasteiger partial charge in [-0.2, -0.15) is 0 Å². The first-order valence-corrected chi connectivity index (χ1v) is 11.1. The molecule has 6 heteroatoms. The highest BCUT2D eigenvalue weighted by atomic mass is 16.5. The molecule has 5 rings (SSSR count). The van der Waals surface area contributed by atoms with Crippen LogP contribution >= 0.6 is 0 Å². The molecule has 6 nitrogen and oxygen atoms in total. The Bertz CT molecular complexity index is 1420. The molecule has 1 N–H and O–H groups in total. The molecule has 0 atom stereocenters. The fourth-order valence-corrected chi connectivity index (χ4v) is 4.10. The first-order valence-electron chi connectivity index (χ1n) is 11.1. The molecule has 0 saturated heterocycles. The molecule has 1 aliphatic carbocycles. The molecule has 1 aromatic heterocycles. The second-order valence-electron chi connectivity index (χ2n) is 8.49. The Hall–Kier alpha value is -3.93. The summed E-state index contributed by atoms with van der Waals surface area (Å²) < 4.78 is 7.10. The Labute approximate surface area is 191 Å². The summed E-state index contributed by atoms with van der Waals surface area (Å²) in [6.45, 7) is 2.32. The lowest BCUT2D eigenvalue weighted by Crippen LogP contribution is -2.26. The molecule has 0 aliphatic heterocycles. The van der Waals surface area contributed by atoms with Crippen molar-refractivity contribution in [3.8, 4) is 5.75 Å². The van der Waals surface area contributed by atoms with Crippen molar-refractivity contribution in [2.45, 2.75) is 32.2 Å². The second kappa shape index (κ2) is 8.54. The Morgan fingerprint density at radius 1 is 1.09 bits per heavy atom. The van der Waals surface area contributed by atoms with Gasteiger partial charge in [0.2, 0.25) is 0 Å². The number of methoxy groups -OCH3 is 1. The van der Waals surface area contributed by atoms with Gasteiger partial charge in [0.15, 0.2) is 0 Å². The number of amides is 1. The summed E-state index contributed by atoms with van der Waals surface area (Å²) in [7, 11) is 1.63. The van der Waals surface area contributed by atoms with Gasteiger partial charge in [0.1, 0.15) is 11.6 Å². The van der Waals surface area contributed by atoms with Crippen LogP contribution < -0.4 is 15.6 Å². The van der Waals surface area contributed by atoms with Gasteiger partial charge in [-0.15, -0.1) is 0 Å². The van der Waals surface area contributed by atoms with E-state index in [2.05, 4.69) is 5.32 Å². The molecule has 1 aliphatic rings. The number of ether oxygens (including phenoxy) is 1. The predicted molar refractivity (Wildman–Crippen MR) is 129 cm³/mol. The fourth-order valence-electron chi connectivity index (χ4n) is 4.10. The number of aromatic nitrogens is 2. The van der Waals surface area contributed by atoms with Gasteiger partial charge in [-0.25, -0.2) is 4.98 Å². The van der Waals surface area contributed by atoms with Gasteiger partial charge in [0.25, 0.3) is 11.5 Å². The molecular formula is C27H25N3O3. The quantitative estimate of drug-likeness (QED) is 0.464. The minimum absolute atomic E-state index is 0.100. The monoisotopic (exact) mass is 439 g/mol. The second-order valence-corrected chi connectivity index (χ2v) is 8.49. The van der Waals surface area contributed by atoms with Crippen LogP contribution in [0.4, 0.5) is 5.69 Å². The maximum atomic E-state index is 13.6. The molecule has 1 amide bonds. The van der Waals surface area contributed by atoms with E-state index in [4.69, 9.17) is 9.72 Å². The van der Waals surface area contributed by atoms with Crippen LogP contribution in [0.5, 0.6) is 5.75 Å². The Kier molecular flexibility index (Phi) is 5.42. The number of aryl methyl sites for hydroxylation is 1. The van der Waals surface area contributed by atoms with E-state index in [9.17, 15) is 9.59 Å². The molecule has 0 spiro atoms. The number of nitrogens with zero attached hydrogens (tertiary/aromatic N) is 2. The number of fused-ring (bicyclic) bond motifs is 1. The molecule has 33 heavy (non-hydrogen) atoms. The van der Waals surface area contributed by atoms with Gasteiger partial charge in [0, 0.05) is 17.2 Å². The van der Waals surface area contributed by atoms with E-state index >= 15 is 0 Å². The fraction of sp³-hybridized carbons (Fsp3) is 0.222. The van der Waals surface area contributed by atoms with Crippen molar-refractivity contribution in [3.05, 3.63) is 99.6 Å². The largest absolute Gasteiger partial charge is 0.497 e. The average Bonchev–Trinajstić information content (AvgIpc) is 3.67. The molecule has 1 fully saturated rings. The first-order chi connectivity index (χ1) is 16.0. The molecule has 0 unspecified atom stereocenters. The van der Waals surface area contributed by atoms with E-state index in [1.807, 2.05) is 55.5 Å². The highest BCUT2D eigenvalue weighted by Crippen LogP contribution is 2.39. The zero-order valence-electron chi connectivity index (χ0n) is 18.7. The lowest BCUT2D eigenvalue weighted by atomic mass is 10.1. The summed E-state index contributed by atoms with van der Waals surface area (Å²) >= 11 is 0. The van der Waals surface area contributed by atoms with Gasteiger partial charge < -0.3 is 10.1 Å². The molecular weight excluding hydrogens is 414 g/mol. The van der Waals surface area contributed by atoms with Gasteiger partial charge >= 0.3 is 0 Å². The van der Waals surface area contributed by atoms with Crippen LogP contribution in [0.3, 0.4) is 0 Å². The van der Waals surface area contributed by atoms with Gasteiger partial charge in [-0.05, 0) is 67.3 Å². The van der Waals surface area contributed by atoms with E-state index in [1.54, 1.807) is 29.9 Å². The molecule has 0 radical (unpaired) electrons. The smallest absolute Gasteiger partial charge is 0.261 e. The molecule has 1 saturated carbocycles. The number of benzene rings is 3. The van der Waals surface area contributed by atoms with E-state index < -0.39 is 0 Å². The maximum absolute atomic E-state index is 13.6. The Morgan fingerprint density at radius 3 is 2.67 bits per heavy atom. The zero-order valence-corrected chi connectivity index (χ0v) is 18.7. The number of carbonyl (C=O) groups excluding carboxylic acids is 1. The molecule has 0 bridgehead atoms. The van der Waals surface area contributed by atoms with Crippen molar-refractivity contribution in [1.29, 1.82) is 0 Å². The van der Waals surface area contributed by atoms with Crippen molar-refractivity contribution in [3.63, 3.8) is 0 Å². The van der Waals surface area contributed by atoms with E-state index in [0.717, 1.165) is 35.5 Å². The van der Waals surface area contributed by atoms with Crippen LogP contribution in [0.2, 0.25) is 0 Å². The standard InChI is InChI=1S/C27H25N3O3/c1-17-6-3-4-9-22(17)26(31)28-20-12-13-24-23(15-20)27(32)30(25(29-24)19-10-11-19)16-18-7-5-8-21(14-18)33-2/h3-9,12-15,19H,10-11,16H2,1-2H3,(H,28,31). The van der Waals surface area contributed by atoms with E-state index in [-0.39, 0.29) is 11.5 Å². The van der Waals surface area contributed by atoms with Crippen LogP contribution in [0.25, 0.3) is 10.9 Å². The Balaban J connectivity index is 1.53. The van der Waals surface area contributed by atoms with Gasteiger partial charge in [-0.3, -0.25) is 14.2 Å². The number of hydrogen-bond donors (Lipinski definition) is 1. The number of rotatable bonds is 6. The lowest BCUT2D eigenvalue weighted by molar-refractivity contribution is 0.102. The van der Waals surface area contributed by atoms with Crippen LogP contribution in [0.1, 0.15) is 46.1 Å². The number of hydrogen-bond acceptors (Lipinski definition) is 4. The van der Waals surface area contributed by atoms with Gasteiger partial charge in [-0.1, -0.05) is 30.3 Å². The molecule has 166 valence electrons. The highest BCUT2D eigenvalue weighted by molar-refractivity contribution is 6.06. The van der Waals surface area contributed by atoms with Crippen molar-refractivity contribution < 1.29 is 9.53 Å². The SMILES string of the molecule is COc1cccc(Cn2c(C3CC3)nc3ccc(NC(=O)c4ccccc4C)cc3c2=O)c1. The highest BCUT2D eigenvalue weighted by Gasteiger charge is 2.29. The summed E-state index contributed by atoms with van der Waals surface area (Å²) in [5.41, 5.74) is 3.60. The zero-order chi connectivity index (χ0) is 22.9. The number of anilines is 1. The number of carbonyl (C=O) groups is 1. The third-order valence-electron chi connectivity index (χ3n) is 6.05. The average molecular weight is 440 g/mol. The normalized spacial score (nSPS) is 13.2. The van der Waals surface area contributed by atoms with Crippen molar-refractivity contribution >= 4 is 22.5 Å². The maximum Gasteiger partial charge on any atom is 0.261 e. The minimum atomic E-state index is -0.202. The topological polar surface area (TPSA) is 73.2 Å².